The van der Waals surface area contributed by atoms with E-state index in [1.54, 1.807) is 0 Å². The number of hydrogen-bond donors (Lipinski definition) is 1. The van der Waals surface area contributed by atoms with E-state index in [0.29, 0.717) is 24.3 Å². The Morgan fingerprint density at radius 3 is 2.75 bits per heavy atom. The molecule has 2 saturated heterocycles. The minimum atomic E-state index is 0.432. The summed E-state index contributed by atoms with van der Waals surface area (Å²) in [6.45, 7) is 0. The van der Waals surface area contributed by atoms with Crippen molar-refractivity contribution in [3.8, 4) is 0 Å². The second-order valence-electron chi connectivity index (χ2n) is 5.73. The monoisotopic (exact) mass is 305 g/mol. The van der Waals surface area contributed by atoms with Gasteiger partial charge in [-0.2, -0.15) is 0 Å². The first kappa shape index (κ1) is 13.0. The van der Waals surface area contributed by atoms with Gasteiger partial charge in [-0.15, -0.1) is 22.7 Å². The van der Waals surface area contributed by atoms with Gasteiger partial charge in [-0.25, -0.2) is 0 Å². The van der Waals surface area contributed by atoms with Gasteiger partial charge in [-0.05, 0) is 42.2 Å². The van der Waals surface area contributed by atoms with Gasteiger partial charge in [0.2, 0.25) is 0 Å². The highest BCUT2D eigenvalue weighted by Gasteiger charge is 2.41. The zero-order valence-electron chi connectivity index (χ0n) is 11.3. The molecule has 0 amide bonds. The normalized spacial score (nSPS) is 29.9. The van der Waals surface area contributed by atoms with Crippen LogP contribution in [0.1, 0.15) is 35.1 Å². The van der Waals surface area contributed by atoms with Crippen molar-refractivity contribution >= 4 is 22.7 Å². The van der Waals surface area contributed by atoms with Crippen LogP contribution < -0.4 is 5.32 Å². The average Bonchev–Trinajstić information content (AvgIpc) is 3.23. The van der Waals surface area contributed by atoms with E-state index in [1.165, 1.54) is 29.0 Å². The molecule has 0 saturated carbocycles. The maximum absolute atomic E-state index is 5.98. The molecule has 2 bridgehead atoms. The highest BCUT2D eigenvalue weighted by atomic mass is 32.1. The Balaban J connectivity index is 1.50. The fourth-order valence-electron chi connectivity index (χ4n) is 3.43. The van der Waals surface area contributed by atoms with E-state index in [2.05, 4.69) is 40.3 Å². The van der Waals surface area contributed by atoms with E-state index in [9.17, 15) is 0 Å². The Morgan fingerprint density at radius 2 is 2.10 bits per heavy atom. The molecule has 2 aliphatic rings. The van der Waals surface area contributed by atoms with Gasteiger partial charge in [0.25, 0.3) is 0 Å². The van der Waals surface area contributed by atoms with Crippen molar-refractivity contribution in [1.29, 1.82) is 0 Å². The van der Waals surface area contributed by atoms with E-state index in [4.69, 9.17) is 4.74 Å². The van der Waals surface area contributed by atoms with Crippen LogP contribution in [0.4, 0.5) is 0 Å². The summed E-state index contributed by atoms with van der Waals surface area (Å²) in [5.74, 6) is 0. The molecular weight excluding hydrogens is 286 g/mol. The third-order valence-electron chi connectivity index (χ3n) is 4.39. The van der Waals surface area contributed by atoms with Crippen LogP contribution in [0.5, 0.6) is 0 Å². The summed E-state index contributed by atoms with van der Waals surface area (Å²) in [4.78, 5) is 2.90. The summed E-state index contributed by atoms with van der Waals surface area (Å²) in [5, 5.41) is 8.22. The SMILES string of the molecule is c1csc(CC(NC2CC3CCC2O3)c2cccs2)c1. The van der Waals surface area contributed by atoms with Crippen molar-refractivity contribution < 1.29 is 4.74 Å². The molecule has 0 aliphatic carbocycles. The third kappa shape index (κ3) is 2.58. The lowest BCUT2D eigenvalue weighted by Gasteiger charge is -2.26. The van der Waals surface area contributed by atoms with Gasteiger partial charge in [0.15, 0.2) is 0 Å². The predicted molar refractivity (Wildman–Crippen MR) is 84.5 cm³/mol. The van der Waals surface area contributed by atoms with Gasteiger partial charge in [0.1, 0.15) is 0 Å². The Bertz CT molecular complexity index is 537. The van der Waals surface area contributed by atoms with Crippen molar-refractivity contribution in [3.05, 3.63) is 44.8 Å². The molecule has 2 aromatic rings. The van der Waals surface area contributed by atoms with Gasteiger partial charge in [0.05, 0.1) is 12.2 Å². The molecule has 4 atom stereocenters. The minimum absolute atomic E-state index is 0.432. The Kier molecular flexibility index (Phi) is 3.65. The smallest absolute Gasteiger partial charge is 0.0733 e. The van der Waals surface area contributed by atoms with Crippen molar-refractivity contribution in [1.82, 2.24) is 5.32 Å². The highest BCUT2D eigenvalue weighted by molar-refractivity contribution is 7.10. The molecule has 20 heavy (non-hydrogen) atoms. The molecular formula is C16H19NOS2. The van der Waals surface area contributed by atoms with Crippen LogP contribution in [0.2, 0.25) is 0 Å². The highest BCUT2D eigenvalue weighted by Crippen LogP contribution is 2.36. The average molecular weight is 305 g/mol. The van der Waals surface area contributed by atoms with Gasteiger partial charge in [-0.3, -0.25) is 0 Å². The summed E-state index contributed by atoms with van der Waals surface area (Å²) in [6, 6.07) is 9.77. The Hall–Kier alpha value is -0.680. The zero-order valence-corrected chi connectivity index (χ0v) is 13.0. The van der Waals surface area contributed by atoms with Crippen molar-refractivity contribution in [2.45, 2.75) is 50.0 Å². The number of ether oxygens (including phenoxy) is 1. The first-order valence-corrected chi connectivity index (χ1v) is 9.12. The van der Waals surface area contributed by atoms with Gasteiger partial charge in [-0.1, -0.05) is 12.1 Å². The van der Waals surface area contributed by atoms with Gasteiger partial charge < -0.3 is 10.1 Å². The van der Waals surface area contributed by atoms with Crippen LogP contribution >= 0.6 is 22.7 Å². The Labute approximate surface area is 127 Å². The molecule has 2 aliphatic heterocycles. The quantitative estimate of drug-likeness (QED) is 0.901. The Morgan fingerprint density at radius 1 is 1.20 bits per heavy atom. The fourth-order valence-corrected chi connectivity index (χ4v) is 4.97. The van der Waals surface area contributed by atoms with Crippen LogP contribution in [-0.4, -0.2) is 18.2 Å². The minimum Gasteiger partial charge on any atom is -0.373 e. The lowest BCUT2D eigenvalue weighted by molar-refractivity contribution is 0.0960. The molecule has 1 N–H and O–H groups in total. The summed E-state index contributed by atoms with van der Waals surface area (Å²) in [6.07, 6.45) is 5.74. The summed E-state index contributed by atoms with van der Waals surface area (Å²) >= 11 is 3.71. The van der Waals surface area contributed by atoms with Crippen LogP contribution in [0.15, 0.2) is 35.0 Å². The molecule has 4 heterocycles. The van der Waals surface area contributed by atoms with Crippen LogP contribution in [-0.2, 0) is 11.2 Å². The van der Waals surface area contributed by atoms with Crippen LogP contribution in [0.25, 0.3) is 0 Å². The number of nitrogens with one attached hydrogen (secondary N) is 1. The molecule has 106 valence electrons. The molecule has 2 aromatic heterocycles. The van der Waals surface area contributed by atoms with E-state index < -0.39 is 0 Å². The van der Waals surface area contributed by atoms with Crippen molar-refractivity contribution in [2.24, 2.45) is 0 Å². The topological polar surface area (TPSA) is 21.3 Å². The van der Waals surface area contributed by atoms with E-state index in [1.807, 2.05) is 22.7 Å². The van der Waals surface area contributed by atoms with E-state index in [-0.39, 0.29) is 0 Å². The second-order valence-corrected chi connectivity index (χ2v) is 7.75. The van der Waals surface area contributed by atoms with Gasteiger partial charge in [0, 0.05) is 28.3 Å². The summed E-state index contributed by atoms with van der Waals surface area (Å²) in [5.41, 5.74) is 0. The second kappa shape index (κ2) is 5.60. The first-order valence-electron chi connectivity index (χ1n) is 7.36. The van der Waals surface area contributed by atoms with Gasteiger partial charge >= 0.3 is 0 Å². The van der Waals surface area contributed by atoms with Crippen molar-refractivity contribution in [3.63, 3.8) is 0 Å². The zero-order chi connectivity index (χ0) is 13.4. The predicted octanol–water partition coefficient (Wildman–Crippen LogP) is 4.00. The maximum atomic E-state index is 5.98. The molecule has 0 spiro atoms. The molecule has 4 unspecified atom stereocenters. The molecule has 2 nitrogen and oxygen atoms in total. The van der Waals surface area contributed by atoms with Crippen molar-refractivity contribution in [2.75, 3.05) is 0 Å². The standard InChI is InChI=1S/C16H19NOS2/c1-3-12(19-7-1)10-14(16-4-2-8-20-16)17-13-9-11-5-6-15(13)18-11/h1-4,7-8,11,13-15,17H,5-6,9-10H2. The van der Waals surface area contributed by atoms with E-state index in [0.717, 1.165) is 6.42 Å². The molecule has 0 radical (unpaired) electrons. The number of fused-ring (bicyclic) bond motifs is 2. The number of hydrogen-bond acceptors (Lipinski definition) is 4. The van der Waals surface area contributed by atoms with Crippen LogP contribution in [0, 0.1) is 0 Å². The number of rotatable bonds is 5. The molecule has 4 heteroatoms. The summed E-state index contributed by atoms with van der Waals surface area (Å²) in [7, 11) is 0. The molecule has 2 fully saturated rings. The maximum Gasteiger partial charge on any atom is 0.0733 e. The molecule has 0 aromatic carbocycles. The lowest BCUT2D eigenvalue weighted by Crippen LogP contribution is -2.40. The third-order valence-corrected chi connectivity index (χ3v) is 6.28. The molecule has 4 rings (SSSR count). The first-order chi connectivity index (χ1) is 9.88. The fraction of sp³-hybridized carbons (Fsp3) is 0.500. The summed E-state index contributed by atoms with van der Waals surface area (Å²) < 4.78 is 5.98. The van der Waals surface area contributed by atoms with E-state index >= 15 is 0 Å². The lowest BCUT2D eigenvalue weighted by atomic mass is 9.94. The van der Waals surface area contributed by atoms with Crippen LogP contribution in [0.3, 0.4) is 0 Å². The number of thiophene rings is 2. The largest absolute Gasteiger partial charge is 0.373 e.